The summed E-state index contributed by atoms with van der Waals surface area (Å²) in [5.41, 5.74) is 0.172. The molecule has 0 aromatic heterocycles. The monoisotopic (exact) mass is 294 g/mol. The predicted octanol–water partition coefficient (Wildman–Crippen LogP) is 2.57. The highest BCUT2D eigenvalue weighted by Crippen LogP contribution is 2.36. The highest BCUT2D eigenvalue weighted by molar-refractivity contribution is 5.97. The first-order chi connectivity index (χ1) is 9.69. The van der Waals surface area contributed by atoms with Crippen LogP contribution in [0.15, 0.2) is 0 Å². The molecule has 0 bridgehead atoms. The summed E-state index contributed by atoms with van der Waals surface area (Å²) in [6.45, 7) is 11.4. The van der Waals surface area contributed by atoms with Crippen LogP contribution in [0.2, 0.25) is 0 Å². The van der Waals surface area contributed by atoms with E-state index in [2.05, 4.69) is 39.9 Å². The van der Waals surface area contributed by atoms with Crippen molar-refractivity contribution in [1.29, 1.82) is 0 Å². The molecule has 1 heterocycles. The molecule has 0 aromatic carbocycles. The lowest BCUT2D eigenvalue weighted by molar-refractivity contribution is -0.151. The molecule has 2 aliphatic rings. The molecule has 1 saturated heterocycles. The van der Waals surface area contributed by atoms with Crippen molar-refractivity contribution in [2.75, 3.05) is 6.54 Å². The molecule has 4 nitrogen and oxygen atoms in total. The van der Waals surface area contributed by atoms with Gasteiger partial charge in [-0.2, -0.15) is 0 Å². The topological polar surface area (TPSA) is 49.4 Å². The van der Waals surface area contributed by atoms with E-state index in [1.807, 2.05) is 4.90 Å². The Labute approximate surface area is 128 Å². The quantitative estimate of drug-likeness (QED) is 0.847. The van der Waals surface area contributed by atoms with Crippen LogP contribution >= 0.6 is 0 Å². The Hall–Kier alpha value is -1.06. The van der Waals surface area contributed by atoms with Crippen molar-refractivity contribution in [3.05, 3.63) is 0 Å². The molecular weight excluding hydrogens is 264 g/mol. The van der Waals surface area contributed by atoms with Crippen LogP contribution in [0.4, 0.5) is 0 Å². The van der Waals surface area contributed by atoms with Crippen molar-refractivity contribution in [2.24, 2.45) is 17.3 Å². The second kappa shape index (κ2) is 5.98. The van der Waals surface area contributed by atoms with Crippen LogP contribution in [0.1, 0.15) is 60.3 Å². The number of hydrogen-bond donors (Lipinski definition) is 1. The minimum atomic E-state index is -0.283. The Morgan fingerprint density at radius 3 is 2.33 bits per heavy atom. The highest BCUT2D eigenvalue weighted by Gasteiger charge is 2.46. The van der Waals surface area contributed by atoms with E-state index in [4.69, 9.17) is 0 Å². The second-order valence-corrected chi connectivity index (χ2v) is 8.31. The van der Waals surface area contributed by atoms with Crippen molar-refractivity contribution in [2.45, 2.75) is 72.4 Å². The summed E-state index contributed by atoms with van der Waals surface area (Å²) >= 11 is 0. The van der Waals surface area contributed by atoms with Gasteiger partial charge in [0.15, 0.2) is 0 Å². The summed E-state index contributed by atoms with van der Waals surface area (Å²) in [7, 11) is 0. The summed E-state index contributed by atoms with van der Waals surface area (Å²) in [4.78, 5) is 27.1. The Balaban J connectivity index is 2.13. The second-order valence-electron chi connectivity index (χ2n) is 8.31. The van der Waals surface area contributed by atoms with E-state index in [0.717, 1.165) is 25.7 Å². The molecule has 21 heavy (non-hydrogen) atoms. The average molecular weight is 294 g/mol. The van der Waals surface area contributed by atoms with Crippen molar-refractivity contribution >= 4 is 11.8 Å². The van der Waals surface area contributed by atoms with Gasteiger partial charge < -0.3 is 10.2 Å². The maximum atomic E-state index is 12.8. The van der Waals surface area contributed by atoms with E-state index >= 15 is 0 Å². The smallest absolute Gasteiger partial charge is 0.246 e. The maximum Gasteiger partial charge on any atom is 0.246 e. The summed E-state index contributed by atoms with van der Waals surface area (Å²) in [6, 6.07) is -0.546. The average Bonchev–Trinajstić information content (AvgIpc) is 3.15. The molecule has 2 atom stereocenters. The van der Waals surface area contributed by atoms with Gasteiger partial charge in [-0.25, -0.2) is 0 Å². The van der Waals surface area contributed by atoms with Crippen molar-refractivity contribution < 1.29 is 9.59 Å². The first-order valence-electron chi connectivity index (χ1n) is 8.30. The van der Waals surface area contributed by atoms with Crippen LogP contribution in [0.25, 0.3) is 0 Å². The van der Waals surface area contributed by atoms with E-state index < -0.39 is 0 Å². The van der Waals surface area contributed by atoms with E-state index in [9.17, 15) is 9.59 Å². The number of amides is 2. The van der Waals surface area contributed by atoms with Crippen LogP contribution in [0.3, 0.4) is 0 Å². The standard InChI is InChI=1S/C17H30N2O2/c1-11(2)10-13-15(20)18-14(12-6-7-12)16(21)19(13)9-8-17(3,4)5/h11-14H,6-10H2,1-5H3,(H,18,20). The molecule has 1 N–H and O–H groups in total. The summed E-state index contributed by atoms with van der Waals surface area (Å²) in [5, 5.41) is 2.98. The molecule has 0 radical (unpaired) electrons. The number of carbonyl (C=O) groups excluding carboxylic acids is 2. The summed E-state index contributed by atoms with van der Waals surface area (Å²) in [6.07, 6.45) is 3.81. The lowest BCUT2D eigenvalue weighted by Gasteiger charge is -2.41. The first-order valence-corrected chi connectivity index (χ1v) is 8.30. The third kappa shape index (κ3) is 4.21. The Kier molecular flexibility index (Phi) is 4.64. The van der Waals surface area contributed by atoms with E-state index in [1.165, 1.54) is 0 Å². The third-order valence-electron chi connectivity index (χ3n) is 4.42. The summed E-state index contributed by atoms with van der Waals surface area (Å²) < 4.78 is 0. The van der Waals surface area contributed by atoms with Crippen LogP contribution in [0, 0.1) is 17.3 Å². The minimum absolute atomic E-state index is 0.0501. The summed E-state index contributed by atoms with van der Waals surface area (Å²) in [5.74, 6) is 0.975. The normalized spacial score (nSPS) is 27.2. The number of rotatable bonds is 5. The first kappa shape index (κ1) is 16.3. The SMILES string of the molecule is CC(C)CC1C(=O)NC(C2CC2)C(=O)N1CCC(C)(C)C. The van der Waals surface area contributed by atoms with Gasteiger partial charge in [0, 0.05) is 6.54 Å². The van der Waals surface area contributed by atoms with Gasteiger partial charge in [-0.05, 0) is 42.9 Å². The van der Waals surface area contributed by atoms with Crippen molar-refractivity contribution in [3.63, 3.8) is 0 Å². The highest BCUT2D eigenvalue weighted by atomic mass is 16.2. The number of hydrogen-bond acceptors (Lipinski definition) is 2. The molecule has 4 heteroatoms. The number of nitrogens with one attached hydrogen (secondary N) is 1. The number of carbonyl (C=O) groups is 2. The van der Waals surface area contributed by atoms with Gasteiger partial charge in [0.25, 0.3) is 0 Å². The molecule has 1 aliphatic carbocycles. The van der Waals surface area contributed by atoms with Crippen molar-refractivity contribution in [1.82, 2.24) is 10.2 Å². The lowest BCUT2D eigenvalue weighted by atomic mass is 9.90. The zero-order chi connectivity index (χ0) is 15.8. The van der Waals surface area contributed by atoms with Gasteiger partial charge in [0.1, 0.15) is 12.1 Å². The molecular formula is C17H30N2O2. The maximum absolute atomic E-state index is 12.8. The van der Waals surface area contributed by atoms with Gasteiger partial charge in [0.05, 0.1) is 0 Å². The van der Waals surface area contributed by atoms with Crippen molar-refractivity contribution in [3.8, 4) is 0 Å². The fraction of sp³-hybridized carbons (Fsp3) is 0.882. The Morgan fingerprint density at radius 2 is 1.86 bits per heavy atom. The van der Waals surface area contributed by atoms with Gasteiger partial charge in [-0.1, -0.05) is 34.6 Å². The number of nitrogens with zero attached hydrogens (tertiary/aromatic N) is 1. The van der Waals surface area contributed by atoms with Crippen LogP contribution in [-0.2, 0) is 9.59 Å². The Morgan fingerprint density at radius 1 is 1.24 bits per heavy atom. The van der Waals surface area contributed by atoms with E-state index in [-0.39, 0.29) is 29.3 Å². The lowest BCUT2D eigenvalue weighted by Crippen LogP contribution is -2.64. The fourth-order valence-electron chi connectivity index (χ4n) is 2.94. The van der Waals surface area contributed by atoms with Gasteiger partial charge in [0.2, 0.25) is 11.8 Å². The van der Waals surface area contributed by atoms with Gasteiger partial charge in [-0.3, -0.25) is 9.59 Å². The van der Waals surface area contributed by atoms with E-state index in [1.54, 1.807) is 0 Å². The van der Waals surface area contributed by atoms with Crippen LogP contribution in [0.5, 0.6) is 0 Å². The molecule has 0 spiro atoms. The predicted molar refractivity (Wildman–Crippen MR) is 83.7 cm³/mol. The van der Waals surface area contributed by atoms with Crippen LogP contribution < -0.4 is 5.32 Å². The molecule has 2 amide bonds. The number of piperazine rings is 1. The zero-order valence-electron chi connectivity index (χ0n) is 14.1. The molecule has 0 aromatic rings. The fourth-order valence-corrected chi connectivity index (χ4v) is 2.94. The molecule has 1 aliphatic heterocycles. The molecule has 2 fully saturated rings. The van der Waals surface area contributed by atoms with E-state index in [0.29, 0.717) is 18.4 Å². The van der Waals surface area contributed by atoms with Gasteiger partial charge >= 0.3 is 0 Å². The molecule has 1 saturated carbocycles. The third-order valence-corrected chi connectivity index (χ3v) is 4.42. The molecule has 2 unspecified atom stereocenters. The van der Waals surface area contributed by atoms with Crippen LogP contribution in [-0.4, -0.2) is 35.3 Å². The molecule has 120 valence electrons. The minimum Gasteiger partial charge on any atom is -0.342 e. The molecule has 2 rings (SSSR count). The Bertz CT molecular complexity index is 408. The largest absolute Gasteiger partial charge is 0.342 e. The van der Waals surface area contributed by atoms with Gasteiger partial charge in [-0.15, -0.1) is 0 Å². The zero-order valence-corrected chi connectivity index (χ0v) is 14.1.